The number of rotatable bonds is 4. The molecule has 0 aliphatic carbocycles. The highest BCUT2D eigenvalue weighted by Crippen LogP contribution is 2.26. The molecule has 2 rings (SSSR count). The Morgan fingerprint density at radius 1 is 1.30 bits per heavy atom. The summed E-state index contributed by atoms with van der Waals surface area (Å²) in [6.07, 6.45) is 0. The molecule has 0 aromatic heterocycles. The smallest absolute Gasteiger partial charge is 0.292 e. The van der Waals surface area contributed by atoms with E-state index in [2.05, 4.69) is 5.32 Å². The minimum absolute atomic E-state index is 0.110. The lowest BCUT2D eigenvalue weighted by molar-refractivity contribution is -0.384. The molecule has 0 heterocycles. The highest BCUT2D eigenvalue weighted by atomic mass is 16.6. The molecule has 6 nitrogen and oxygen atoms in total. The number of aromatic hydroxyl groups is 1. The van der Waals surface area contributed by atoms with Gasteiger partial charge in [0.2, 0.25) is 0 Å². The first-order valence-corrected chi connectivity index (χ1v) is 5.81. The molecule has 20 heavy (non-hydrogen) atoms. The van der Waals surface area contributed by atoms with Crippen LogP contribution in [0, 0.1) is 21.4 Å². The van der Waals surface area contributed by atoms with Crippen LogP contribution in [-0.2, 0) is 6.54 Å². The van der Waals surface area contributed by atoms with E-state index in [0.29, 0.717) is 11.1 Å². The summed E-state index contributed by atoms with van der Waals surface area (Å²) in [7, 11) is 0. The fourth-order valence-electron chi connectivity index (χ4n) is 1.76. The van der Waals surface area contributed by atoms with E-state index in [4.69, 9.17) is 5.26 Å². The third-order valence-corrected chi connectivity index (χ3v) is 2.78. The second-order valence-electron chi connectivity index (χ2n) is 4.08. The summed E-state index contributed by atoms with van der Waals surface area (Å²) in [5, 5.41) is 32.3. The number of nitriles is 1. The maximum absolute atomic E-state index is 10.9. The predicted molar refractivity (Wildman–Crippen MR) is 73.2 cm³/mol. The monoisotopic (exact) mass is 269 g/mol. The van der Waals surface area contributed by atoms with Crippen molar-refractivity contribution >= 4 is 11.4 Å². The molecule has 0 atom stereocenters. The van der Waals surface area contributed by atoms with E-state index in [9.17, 15) is 15.2 Å². The largest absolute Gasteiger partial charge is 0.508 e. The Morgan fingerprint density at radius 2 is 2.05 bits per heavy atom. The predicted octanol–water partition coefficient (Wildman–Crippen LogP) is 2.78. The van der Waals surface area contributed by atoms with Gasteiger partial charge in [0.1, 0.15) is 11.4 Å². The van der Waals surface area contributed by atoms with E-state index in [1.54, 1.807) is 18.2 Å². The summed E-state index contributed by atoms with van der Waals surface area (Å²) < 4.78 is 0. The zero-order chi connectivity index (χ0) is 14.5. The van der Waals surface area contributed by atoms with Crippen molar-refractivity contribution in [2.75, 3.05) is 5.32 Å². The third-order valence-electron chi connectivity index (χ3n) is 2.78. The van der Waals surface area contributed by atoms with Gasteiger partial charge in [-0.2, -0.15) is 5.26 Å². The number of phenolic OH excluding ortho intramolecular Hbond substituents is 1. The van der Waals surface area contributed by atoms with Crippen molar-refractivity contribution in [3.05, 3.63) is 63.7 Å². The van der Waals surface area contributed by atoms with Crippen molar-refractivity contribution < 1.29 is 10.0 Å². The molecule has 0 saturated heterocycles. The number of nitrogens with zero attached hydrogens (tertiary/aromatic N) is 2. The zero-order valence-corrected chi connectivity index (χ0v) is 10.4. The average molecular weight is 269 g/mol. The van der Waals surface area contributed by atoms with Crippen molar-refractivity contribution in [2.24, 2.45) is 0 Å². The van der Waals surface area contributed by atoms with Crippen LogP contribution in [-0.4, -0.2) is 10.0 Å². The molecule has 2 aromatic carbocycles. The van der Waals surface area contributed by atoms with Crippen molar-refractivity contribution in [1.29, 1.82) is 5.26 Å². The van der Waals surface area contributed by atoms with Crippen LogP contribution in [0.3, 0.4) is 0 Å². The highest BCUT2D eigenvalue weighted by molar-refractivity contribution is 5.64. The lowest BCUT2D eigenvalue weighted by atomic mass is 10.1. The van der Waals surface area contributed by atoms with Crippen LogP contribution >= 0.6 is 0 Å². The van der Waals surface area contributed by atoms with E-state index >= 15 is 0 Å². The number of hydrogen-bond acceptors (Lipinski definition) is 5. The van der Waals surface area contributed by atoms with Gasteiger partial charge in [-0.15, -0.1) is 0 Å². The van der Waals surface area contributed by atoms with E-state index in [1.807, 2.05) is 6.07 Å². The van der Waals surface area contributed by atoms with Gasteiger partial charge < -0.3 is 10.4 Å². The Morgan fingerprint density at radius 3 is 2.70 bits per heavy atom. The van der Waals surface area contributed by atoms with Crippen molar-refractivity contribution in [3.8, 4) is 11.8 Å². The number of benzene rings is 2. The molecule has 0 unspecified atom stereocenters. The first kappa shape index (κ1) is 13.4. The van der Waals surface area contributed by atoms with Crippen LogP contribution in [0.1, 0.15) is 11.1 Å². The Kier molecular flexibility index (Phi) is 3.82. The summed E-state index contributed by atoms with van der Waals surface area (Å²) in [4.78, 5) is 10.4. The Balaban J connectivity index is 2.26. The fraction of sp³-hybridized carbons (Fsp3) is 0.0714. The molecule has 0 aliphatic rings. The Bertz CT molecular complexity index is 692. The van der Waals surface area contributed by atoms with E-state index in [-0.39, 0.29) is 23.7 Å². The number of nitro groups is 1. The van der Waals surface area contributed by atoms with Gasteiger partial charge in [-0.25, -0.2) is 0 Å². The molecule has 2 aromatic rings. The number of nitro benzene ring substituents is 1. The van der Waals surface area contributed by atoms with Crippen molar-refractivity contribution in [2.45, 2.75) is 6.54 Å². The average Bonchev–Trinajstić information content (AvgIpc) is 2.46. The van der Waals surface area contributed by atoms with Gasteiger partial charge in [-0.1, -0.05) is 18.2 Å². The lowest BCUT2D eigenvalue weighted by Crippen LogP contribution is -2.03. The number of anilines is 1. The summed E-state index contributed by atoms with van der Waals surface area (Å²) in [5.74, 6) is 0.110. The first-order chi connectivity index (χ1) is 9.61. The molecule has 0 fully saturated rings. The highest BCUT2D eigenvalue weighted by Gasteiger charge is 2.14. The summed E-state index contributed by atoms with van der Waals surface area (Å²) in [5.41, 5.74) is 1.08. The van der Waals surface area contributed by atoms with Crippen LogP contribution in [0.5, 0.6) is 5.75 Å². The first-order valence-electron chi connectivity index (χ1n) is 5.81. The second-order valence-corrected chi connectivity index (χ2v) is 4.08. The molecular formula is C14H11N3O3. The number of para-hydroxylation sites is 1. The molecule has 100 valence electrons. The minimum Gasteiger partial charge on any atom is -0.508 e. The maximum Gasteiger partial charge on any atom is 0.292 e. The van der Waals surface area contributed by atoms with E-state index in [1.165, 1.54) is 24.3 Å². The number of nitrogens with one attached hydrogen (secondary N) is 1. The zero-order valence-electron chi connectivity index (χ0n) is 10.4. The molecule has 0 bridgehead atoms. The molecule has 0 amide bonds. The molecule has 6 heteroatoms. The fourth-order valence-corrected chi connectivity index (χ4v) is 1.76. The molecule has 0 aliphatic heterocycles. The normalized spacial score (nSPS) is 9.75. The molecule has 0 saturated carbocycles. The van der Waals surface area contributed by atoms with E-state index in [0.717, 1.165) is 0 Å². The SMILES string of the molecule is N#Cc1ccc([N+](=O)[O-])c(NCc2ccccc2O)c1. The van der Waals surface area contributed by atoms with Gasteiger partial charge in [0.15, 0.2) is 0 Å². The van der Waals surface area contributed by atoms with Crippen LogP contribution in [0.15, 0.2) is 42.5 Å². The lowest BCUT2D eigenvalue weighted by Gasteiger charge is -2.08. The quantitative estimate of drug-likeness (QED) is 0.656. The third kappa shape index (κ3) is 2.84. The summed E-state index contributed by atoms with van der Waals surface area (Å²) in [6, 6.07) is 12.7. The minimum atomic E-state index is -0.520. The number of phenols is 1. The summed E-state index contributed by atoms with van der Waals surface area (Å²) in [6.45, 7) is 0.225. The van der Waals surface area contributed by atoms with Crippen LogP contribution < -0.4 is 5.32 Å². The van der Waals surface area contributed by atoms with Crippen molar-refractivity contribution in [1.82, 2.24) is 0 Å². The van der Waals surface area contributed by atoms with Crippen LogP contribution in [0.4, 0.5) is 11.4 Å². The van der Waals surface area contributed by atoms with Gasteiger partial charge in [0.05, 0.1) is 16.6 Å². The standard InChI is InChI=1S/C14H11N3O3/c15-8-10-5-6-13(17(19)20)12(7-10)16-9-11-3-1-2-4-14(11)18/h1-7,16,18H,9H2. The van der Waals surface area contributed by atoms with Crippen molar-refractivity contribution in [3.63, 3.8) is 0 Å². The molecule has 0 spiro atoms. The molecular weight excluding hydrogens is 258 g/mol. The number of hydrogen-bond donors (Lipinski definition) is 2. The van der Waals surface area contributed by atoms with E-state index < -0.39 is 4.92 Å². The van der Waals surface area contributed by atoms with Gasteiger partial charge >= 0.3 is 0 Å². The molecule has 0 radical (unpaired) electrons. The summed E-state index contributed by atoms with van der Waals surface area (Å²) >= 11 is 0. The topological polar surface area (TPSA) is 99.2 Å². The van der Waals surface area contributed by atoms with Gasteiger partial charge in [-0.3, -0.25) is 10.1 Å². The maximum atomic E-state index is 10.9. The molecule has 2 N–H and O–H groups in total. The Hall–Kier alpha value is -3.07. The van der Waals surface area contributed by atoms with Crippen LogP contribution in [0.2, 0.25) is 0 Å². The Labute approximate surface area is 115 Å². The van der Waals surface area contributed by atoms with Gasteiger partial charge in [0, 0.05) is 18.2 Å². The van der Waals surface area contributed by atoms with Gasteiger partial charge in [0.25, 0.3) is 5.69 Å². The second kappa shape index (κ2) is 5.71. The van der Waals surface area contributed by atoms with Crippen LogP contribution in [0.25, 0.3) is 0 Å². The van der Waals surface area contributed by atoms with Gasteiger partial charge in [-0.05, 0) is 18.2 Å².